The van der Waals surface area contributed by atoms with E-state index in [4.69, 9.17) is 5.11 Å². The minimum Gasteiger partial charge on any atom is -0.437 e. The van der Waals surface area contributed by atoms with Gasteiger partial charge in [0.05, 0.1) is 0 Å². The van der Waals surface area contributed by atoms with Crippen LogP contribution in [0.15, 0.2) is 0 Å². The lowest BCUT2D eigenvalue weighted by atomic mass is 10.0. The zero-order valence-corrected chi connectivity index (χ0v) is 7.24. The number of hydrogen-bond donors (Lipinski definition) is 1. The molecule has 15 heavy (non-hydrogen) atoms. The summed E-state index contributed by atoms with van der Waals surface area (Å²) in [7, 11) is 0. The summed E-state index contributed by atoms with van der Waals surface area (Å²) >= 11 is 0. The molecule has 3 nitrogen and oxygen atoms in total. The van der Waals surface area contributed by atoms with E-state index in [0.29, 0.717) is 6.92 Å². The number of esters is 1. The molecule has 0 atom stereocenters. The molecule has 0 saturated heterocycles. The van der Waals surface area contributed by atoms with Crippen molar-refractivity contribution in [3.63, 3.8) is 0 Å². The molecule has 0 aliphatic carbocycles. The number of aliphatic hydroxyl groups is 1. The van der Waals surface area contributed by atoms with Gasteiger partial charge in [-0.25, -0.2) is 0 Å². The Bertz CT molecular complexity index is 228. The summed E-state index contributed by atoms with van der Waals surface area (Å²) in [6.45, 7) is -2.04. The van der Waals surface area contributed by atoms with Crippen LogP contribution in [0.3, 0.4) is 0 Å². The van der Waals surface area contributed by atoms with Crippen molar-refractivity contribution in [3.8, 4) is 0 Å². The largest absolute Gasteiger partial charge is 0.439 e. The van der Waals surface area contributed by atoms with Gasteiger partial charge in [0.15, 0.2) is 0 Å². The zero-order valence-electron chi connectivity index (χ0n) is 7.24. The molecule has 90 valence electrons. The zero-order chi connectivity index (χ0) is 12.5. The summed E-state index contributed by atoms with van der Waals surface area (Å²) in [4.78, 5) is 10.2. The summed E-state index contributed by atoms with van der Waals surface area (Å²) in [5, 5.41) is 8.18. The second-order valence-electron chi connectivity index (χ2n) is 2.57. The van der Waals surface area contributed by atoms with Crippen LogP contribution in [-0.2, 0) is 9.53 Å². The van der Waals surface area contributed by atoms with Gasteiger partial charge in [-0.1, -0.05) is 0 Å². The minimum absolute atomic E-state index is 0.377. The highest BCUT2D eigenvalue weighted by Gasteiger charge is 2.74. The van der Waals surface area contributed by atoms with E-state index in [-0.39, 0.29) is 0 Å². The smallest absolute Gasteiger partial charge is 0.437 e. The summed E-state index contributed by atoms with van der Waals surface area (Å²) in [5.74, 6) is -1.79. The number of hydrogen-bond acceptors (Lipinski definition) is 3. The average molecular weight is 240 g/mol. The lowest BCUT2D eigenvalue weighted by molar-refractivity contribution is -0.376. The standard InChI is InChI=1S/C6H6F6O3/c1-3(14)15-4(2-13,5(7,8)9)6(10,11)12/h13H,2H2,1H3. The molecule has 0 radical (unpaired) electrons. The van der Waals surface area contributed by atoms with Crippen LogP contribution in [0.2, 0.25) is 0 Å². The van der Waals surface area contributed by atoms with Crippen molar-refractivity contribution in [1.82, 2.24) is 0 Å². The minimum atomic E-state index is -5.94. The van der Waals surface area contributed by atoms with Gasteiger partial charge in [-0.15, -0.1) is 0 Å². The highest BCUT2D eigenvalue weighted by molar-refractivity contribution is 5.66. The maximum atomic E-state index is 12.1. The molecule has 0 amide bonds. The van der Waals surface area contributed by atoms with E-state index >= 15 is 0 Å². The summed E-state index contributed by atoms with van der Waals surface area (Å²) in [5.41, 5.74) is -4.86. The van der Waals surface area contributed by atoms with Crippen molar-refractivity contribution in [2.24, 2.45) is 0 Å². The van der Waals surface area contributed by atoms with Gasteiger partial charge in [-0.3, -0.25) is 4.79 Å². The number of alkyl halides is 6. The Morgan fingerprint density at radius 2 is 1.47 bits per heavy atom. The lowest BCUT2D eigenvalue weighted by Gasteiger charge is -2.34. The van der Waals surface area contributed by atoms with Crippen molar-refractivity contribution in [3.05, 3.63) is 0 Å². The number of ether oxygens (including phenoxy) is 1. The molecule has 0 aromatic heterocycles. The number of halogens is 6. The summed E-state index contributed by atoms with van der Waals surface area (Å²) < 4.78 is 75.6. The number of aliphatic hydroxyl groups excluding tert-OH is 1. The average Bonchev–Trinajstić information content (AvgIpc) is 1.94. The Morgan fingerprint density at radius 3 is 1.53 bits per heavy atom. The van der Waals surface area contributed by atoms with Crippen molar-refractivity contribution in [2.45, 2.75) is 24.9 Å². The second-order valence-corrected chi connectivity index (χ2v) is 2.57. The lowest BCUT2D eigenvalue weighted by Crippen LogP contribution is -2.62. The molecular formula is C6H6F6O3. The van der Waals surface area contributed by atoms with Crippen LogP contribution in [0.4, 0.5) is 26.3 Å². The van der Waals surface area contributed by atoms with E-state index in [9.17, 15) is 31.1 Å². The highest BCUT2D eigenvalue weighted by Crippen LogP contribution is 2.45. The van der Waals surface area contributed by atoms with E-state index in [2.05, 4.69) is 4.74 Å². The fourth-order valence-electron chi connectivity index (χ4n) is 0.733. The molecule has 9 heteroatoms. The fourth-order valence-corrected chi connectivity index (χ4v) is 0.733. The predicted molar refractivity (Wildman–Crippen MR) is 33.7 cm³/mol. The Hall–Kier alpha value is -0.990. The van der Waals surface area contributed by atoms with Gasteiger partial charge in [0, 0.05) is 6.92 Å². The molecule has 0 spiro atoms. The van der Waals surface area contributed by atoms with Crippen molar-refractivity contribution in [2.75, 3.05) is 6.61 Å². The van der Waals surface area contributed by atoms with Crippen LogP contribution < -0.4 is 0 Å². The van der Waals surface area contributed by atoms with Gasteiger partial charge in [-0.2, -0.15) is 26.3 Å². The number of carbonyl (C=O) groups excluding carboxylic acids is 1. The molecule has 0 unspecified atom stereocenters. The quantitative estimate of drug-likeness (QED) is 0.586. The van der Waals surface area contributed by atoms with Crippen LogP contribution >= 0.6 is 0 Å². The van der Waals surface area contributed by atoms with Crippen molar-refractivity contribution >= 4 is 5.97 Å². The fraction of sp³-hybridized carbons (Fsp3) is 0.833. The molecule has 0 aliphatic rings. The molecule has 0 saturated carbocycles. The van der Waals surface area contributed by atoms with E-state index in [1.165, 1.54) is 0 Å². The van der Waals surface area contributed by atoms with E-state index in [1.807, 2.05) is 0 Å². The van der Waals surface area contributed by atoms with Crippen LogP contribution in [0.25, 0.3) is 0 Å². The van der Waals surface area contributed by atoms with Gasteiger partial charge in [-0.05, 0) is 0 Å². The topological polar surface area (TPSA) is 46.5 Å². The first-order valence-corrected chi connectivity index (χ1v) is 3.42. The maximum Gasteiger partial charge on any atom is 0.439 e. The molecule has 0 heterocycles. The third-order valence-electron chi connectivity index (χ3n) is 1.46. The van der Waals surface area contributed by atoms with Crippen LogP contribution in [-0.4, -0.2) is 35.6 Å². The van der Waals surface area contributed by atoms with Crippen LogP contribution in [0.1, 0.15) is 6.92 Å². The number of carbonyl (C=O) groups is 1. The molecule has 0 aromatic rings. The Labute approximate surface area is 79.6 Å². The SMILES string of the molecule is CC(=O)OC(CO)(C(F)(F)F)C(F)(F)F. The second kappa shape index (κ2) is 3.87. The molecule has 0 aromatic carbocycles. The Morgan fingerprint density at radius 1 is 1.13 bits per heavy atom. The van der Waals surface area contributed by atoms with E-state index in [0.717, 1.165) is 0 Å². The van der Waals surface area contributed by atoms with Crippen molar-refractivity contribution < 1.29 is 41.0 Å². The Kier molecular flexibility index (Phi) is 3.62. The third-order valence-corrected chi connectivity index (χ3v) is 1.46. The summed E-state index contributed by atoms with van der Waals surface area (Å²) in [6.07, 6.45) is -11.9. The van der Waals surface area contributed by atoms with Gasteiger partial charge >= 0.3 is 23.9 Å². The van der Waals surface area contributed by atoms with E-state index < -0.39 is 30.5 Å². The van der Waals surface area contributed by atoms with E-state index in [1.54, 1.807) is 0 Å². The molecule has 0 aliphatic heterocycles. The molecule has 0 rings (SSSR count). The first-order chi connectivity index (χ1) is 6.48. The molecule has 0 bridgehead atoms. The molecule has 0 fully saturated rings. The predicted octanol–water partition coefficient (Wildman–Crippen LogP) is 1.41. The normalized spacial score (nSPS) is 13.9. The molecule has 1 N–H and O–H groups in total. The van der Waals surface area contributed by atoms with Gasteiger partial charge < -0.3 is 9.84 Å². The third kappa shape index (κ3) is 2.52. The van der Waals surface area contributed by atoms with Crippen molar-refractivity contribution in [1.29, 1.82) is 0 Å². The van der Waals surface area contributed by atoms with Gasteiger partial charge in [0.1, 0.15) is 6.61 Å². The number of rotatable bonds is 2. The van der Waals surface area contributed by atoms with Crippen LogP contribution in [0.5, 0.6) is 0 Å². The highest BCUT2D eigenvalue weighted by atomic mass is 19.4. The molecular weight excluding hydrogens is 234 g/mol. The van der Waals surface area contributed by atoms with Gasteiger partial charge in [0.25, 0.3) is 0 Å². The Balaban J connectivity index is 5.42. The summed E-state index contributed by atoms with van der Waals surface area (Å²) in [6, 6.07) is 0. The first kappa shape index (κ1) is 14.0. The van der Waals surface area contributed by atoms with Crippen LogP contribution in [0, 0.1) is 0 Å². The first-order valence-electron chi connectivity index (χ1n) is 3.42. The maximum absolute atomic E-state index is 12.1. The van der Waals surface area contributed by atoms with Gasteiger partial charge in [0.2, 0.25) is 0 Å². The monoisotopic (exact) mass is 240 g/mol.